The van der Waals surface area contributed by atoms with E-state index in [9.17, 15) is 29.3 Å². The minimum Gasteiger partial charge on any atom is -0.383 e. The molecule has 0 bridgehead atoms. The fourth-order valence-corrected chi connectivity index (χ4v) is 5.57. The molecule has 0 radical (unpaired) electrons. The second-order valence-electron chi connectivity index (χ2n) is 9.11. The Balaban J connectivity index is 1.34. The Morgan fingerprint density at radius 1 is 1.08 bits per heavy atom. The van der Waals surface area contributed by atoms with Crippen molar-refractivity contribution in [1.82, 2.24) is 4.98 Å². The zero-order valence-electron chi connectivity index (χ0n) is 20.4. The summed E-state index contributed by atoms with van der Waals surface area (Å²) in [6.45, 7) is 0. The van der Waals surface area contributed by atoms with Gasteiger partial charge >= 0.3 is 0 Å². The number of hydrogen-bond donors (Lipinski definition) is 1. The van der Waals surface area contributed by atoms with Gasteiger partial charge in [0.25, 0.3) is 0 Å². The first kappa shape index (κ1) is 25.8. The Morgan fingerprint density at radius 3 is 2.41 bits per heavy atom. The number of nitrogens with zero attached hydrogens (tertiary/aromatic N) is 4. The van der Waals surface area contributed by atoms with Crippen molar-refractivity contribution in [3.63, 3.8) is 0 Å². The number of ketones is 1. The van der Waals surface area contributed by atoms with Crippen molar-refractivity contribution < 1.29 is 18.8 Å². The number of pyridine rings is 1. The van der Waals surface area contributed by atoms with Crippen molar-refractivity contribution in [2.45, 2.75) is 35.5 Å². The van der Waals surface area contributed by atoms with Gasteiger partial charge in [0.2, 0.25) is 11.8 Å². The first-order valence-corrected chi connectivity index (χ1v) is 12.9. The summed E-state index contributed by atoms with van der Waals surface area (Å²) >= 11 is 0.990. The van der Waals surface area contributed by atoms with Crippen LogP contribution in [0.4, 0.5) is 15.9 Å². The highest BCUT2D eigenvalue weighted by Gasteiger charge is 2.42. The third kappa shape index (κ3) is 5.02. The molecule has 8 nitrogen and oxygen atoms in total. The minimum atomic E-state index is -0.832. The Hall–Kier alpha value is -4.80. The summed E-state index contributed by atoms with van der Waals surface area (Å²) in [6.07, 6.45) is 4.20. The van der Waals surface area contributed by atoms with Crippen LogP contribution in [0.1, 0.15) is 57.8 Å². The van der Waals surface area contributed by atoms with Gasteiger partial charge in [-0.3, -0.25) is 14.4 Å². The van der Waals surface area contributed by atoms with Crippen molar-refractivity contribution in [3.8, 4) is 12.1 Å². The molecule has 1 aliphatic carbocycles. The predicted octanol–water partition coefficient (Wildman–Crippen LogP) is 4.74. The third-order valence-electron chi connectivity index (χ3n) is 6.53. The van der Waals surface area contributed by atoms with Crippen LogP contribution >= 0.6 is 11.8 Å². The summed E-state index contributed by atoms with van der Waals surface area (Å²) in [7, 11) is 0. The summed E-state index contributed by atoms with van der Waals surface area (Å²) in [4.78, 5) is 43.9. The quantitative estimate of drug-likeness (QED) is 0.259. The van der Waals surface area contributed by atoms with E-state index in [-0.39, 0.29) is 45.7 Å². The van der Waals surface area contributed by atoms with E-state index in [1.807, 2.05) is 6.07 Å². The lowest BCUT2D eigenvalue weighted by Gasteiger charge is -2.16. The number of anilines is 2. The fourth-order valence-electron chi connectivity index (χ4n) is 4.44. The molecule has 1 saturated heterocycles. The summed E-state index contributed by atoms with van der Waals surface area (Å²) in [5, 5.41) is 18.7. The standard InChI is InChI=1S/C29H20FN5O3S/c30-22-4-2-1-3-16(22)9-12-23(36)17-7-10-19(11-8-17)35-25(37)13-24(29(35)38)39-28-21(15-32)26(18-5-6-18)20(14-31)27(33)34-28/h1-4,7-12,18,24H,5-6,13H2,(H2,33,34)/b12-9+/t24-/m1/s1. The molecule has 2 amide bonds. The number of benzene rings is 2. The summed E-state index contributed by atoms with van der Waals surface area (Å²) in [5.74, 6) is -1.67. The van der Waals surface area contributed by atoms with Gasteiger partial charge in [0.15, 0.2) is 5.78 Å². The number of nitrogens with two attached hydrogens (primary N) is 1. The summed E-state index contributed by atoms with van der Waals surface area (Å²) < 4.78 is 13.8. The van der Waals surface area contributed by atoms with E-state index in [2.05, 4.69) is 11.1 Å². The molecule has 1 saturated carbocycles. The van der Waals surface area contributed by atoms with Gasteiger partial charge < -0.3 is 5.73 Å². The van der Waals surface area contributed by atoms with Gasteiger partial charge in [-0.2, -0.15) is 10.5 Å². The maximum Gasteiger partial charge on any atom is 0.247 e. The number of thioether (sulfide) groups is 1. The van der Waals surface area contributed by atoms with E-state index in [4.69, 9.17) is 5.73 Å². The Labute approximate surface area is 227 Å². The Morgan fingerprint density at radius 2 is 1.77 bits per heavy atom. The van der Waals surface area contributed by atoms with Crippen LogP contribution in [0.2, 0.25) is 0 Å². The highest BCUT2D eigenvalue weighted by molar-refractivity contribution is 8.00. The van der Waals surface area contributed by atoms with E-state index >= 15 is 0 Å². The van der Waals surface area contributed by atoms with Crippen LogP contribution in [0.5, 0.6) is 0 Å². The first-order valence-electron chi connectivity index (χ1n) is 12.1. The average Bonchev–Trinajstić information content (AvgIpc) is 3.73. The number of amides is 2. The minimum absolute atomic E-state index is 0.00108. The molecule has 2 fully saturated rings. The molecule has 39 heavy (non-hydrogen) atoms. The van der Waals surface area contributed by atoms with E-state index in [1.165, 1.54) is 42.5 Å². The molecule has 10 heteroatoms. The lowest BCUT2D eigenvalue weighted by molar-refractivity contribution is -0.121. The molecule has 0 spiro atoms. The number of imide groups is 1. The summed E-state index contributed by atoms with van der Waals surface area (Å²) in [6, 6.07) is 16.2. The number of carbonyl (C=O) groups is 3. The lowest BCUT2D eigenvalue weighted by atomic mass is 10.0. The molecular weight excluding hydrogens is 517 g/mol. The molecule has 0 unspecified atom stereocenters. The molecule has 2 aromatic carbocycles. The molecule has 1 aromatic heterocycles. The number of halogens is 1. The number of hydrogen-bond acceptors (Lipinski definition) is 8. The SMILES string of the molecule is N#Cc1c(N)nc(S[C@@H]2CC(=O)N(c3ccc(C(=O)/C=C/c4ccccc4F)cc3)C2=O)c(C#N)c1C1CC1. The van der Waals surface area contributed by atoms with Crippen molar-refractivity contribution in [3.05, 3.63) is 88.2 Å². The van der Waals surface area contributed by atoms with Gasteiger partial charge in [-0.25, -0.2) is 14.3 Å². The van der Waals surface area contributed by atoms with Crippen LogP contribution < -0.4 is 10.6 Å². The van der Waals surface area contributed by atoms with Gasteiger partial charge in [0, 0.05) is 17.5 Å². The van der Waals surface area contributed by atoms with E-state index in [0.717, 1.165) is 29.5 Å². The van der Waals surface area contributed by atoms with Crippen LogP contribution in [0, 0.1) is 28.5 Å². The first-order chi connectivity index (χ1) is 18.8. The number of aromatic nitrogens is 1. The van der Waals surface area contributed by atoms with Gasteiger partial charge in [-0.05, 0) is 66.8 Å². The molecule has 3 aromatic rings. The fraction of sp³-hybridized carbons (Fsp3) is 0.172. The number of allylic oxidation sites excluding steroid dienone is 1. The normalized spacial score (nSPS) is 16.9. The molecule has 2 N–H and O–H groups in total. The summed E-state index contributed by atoms with van der Waals surface area (Å²) in [5.41, 5.74) is 7.86. The molecule has 2 aliphatic rings. The van der Waals surface area contributed by atoms with E-state index < -0.39 is 22.9 Å². The lowest BCUT2D eigenvalue weighted by Crippen LogP contribution is -2.31. The maximum absolute atomic E-state index is 13.8. The van der Waals surface area contributed by atoms with Crippen molar-refractivity contribution in [2.75, 3.05) is 10.6 Å². The zero-order chi connectivity index (χ0) is 27.7. The van der Waals surface area contributed by atoms with Crippen LogP contribution in [-0.4, -0.2) is 27.8 Å². The second-order valence-corrected chi connectivity index (χ2v) is 10.3. The van der Waals surface area contributed by atoms with E-state index in [0.29, 0.717) is 16.8 Å². The van der Waals surface area contributed by atoms with Crippen LogP contribution in [-0.2, 0) is 9.59 Å². The average molecular weight is 538 g/mol. The van der Waals surface area contributed by atoms with Gasteiger partial charge in [-0.15, -0.1) is 0 Å². The second kappa shape index (κ2) is 10.5. The largest absolute Gasteiger partial charge is 0.383 e. The topological polar surface area (TPSA) is 141 Å². The van der Waals surface area contributed by atoms with Crippen LogP contribution in [0.3, 0.4) is 0 Å². The number of carbonyl (C=O) groups excluding carboxylic acids is 3. The predicted molar refractivity (Wildman–Crippen MR) is 143 cm³/mol. The molecular formula is C29H20FN5O3S. The third-order valence-corrected chi connectivity index (χ3v) is 7.70. The smallest absolute Gasteiger partial charge is 0.247 e. The van der Waals surface area contributed by atoms with Crippen molar-refractivity contribution >= 4 is 46.9 Å². The number of rotatable bonds is 7. The van der Waals surface area contributed by atoms with E-state index in [1.54, 1.807) is 18.2 Å². The van der Waals surface area contributed by atoms with Gasteiger partial charge in [-0.1, -0.05) is 30.0 Å². The zero-order valence-corrected chi connectivity index (χ0v) is 21.2. The number of nitrogen functional groups attached to an aromatic ring is 1. The van der Waals surface area contributed by atoms with Crippen LogP contribution in [0.15, 0.2) is 59.6 Å². The van der Waals surface area contributed by atoms with Crippen molar-refractivity contribution in [1.29, 1.82) is 10.5 Å². The monoisotopic (exact) mass is 537 g/mol. The highest BCUT2D eigenvalue weighted by Crippen LogP contribution is 2.47. The molecule has 2 heterocycles. The van der Waals surface area contributed by atoms with Gasteiger partial charge in [0.1, 0.15) is 28.8 Å². The molecule has 192 valence electrons. The maximum atomic E-state index is 13.8. The number of nitriles is 2. The Kier molecular flexibility index (Phi) is 6.97. The van der Waals surface area contributed by atoms with Crippen molar-refractivity contribution in [2.24, 2.45) is 0 Å². The van der Waals surface area contributed by atoms with Gasteiger partial charge in [0.05, 0.1) is 22.1 Å². The molecule has 5 rings (SSSR count). The Bertz CT molecular complexity index is 1630. The molecule has 1 aliphatic heterocycles. The van der Waals surface area contributed by atoms with Crippen LogP contribution in [0.25, 0.3) is 6.08 Å². The molecule has 1 atom stereocenters. The highest BCUT2D eigenvalue weighted by atomic mass is 32.2.